The lowest BCUT2D eigenvalue weighted by atomic mass is 10.1. The molecule has 0 saturated heterocycles. The number of ether oxygens (including phenoxy) is 2. The van der Waals surface area contributed by atoms with Crippen LogP contribution in [0, 0.1) is 6.92 Å². The molecule has 0 radical (unpaired) electrons. The Morgan fingerprint density at radius 2 is 0.947 bits per heavy atom. The number of aliphatic hydroxyl groups excluding tert-OH is 2. The van der Waals surface area contributed by atoms with Crippen LogP contribution in [0.4, 0.5) is 17.1 Å². The Morgan fingerprint density at radius 3 is 1.32 bits per heavy atom. The first-order valence-electron chi connectivity index (χ1n) is 13.2. The fourth-order valence-corrected chi connectivity index (χ4v) is 3.95. The molecule has 0 fully saturated rings. The number of hydrogen-bond acceptors (Lipinski definition) is 7. The molecule has 3 rings (SSSR count). The predicted octanol–water partition coefficient (Wildman–Crippen LogP) is 6.38. The van der Waals surface area contributed by atoms with E-state index in [2.05, 4.69) is 4.90 Å². The van der Waals surface area contributed by atoms with E-state index in [4.69, 9.17) is 19.7 Å². The molecule has 2 N–H and O–H groups in total. The third-order valence-corrected chi connectivity index (χ3v) is 6.02. The Kier molecular flexibility index (Phi) is 11.8. The Hall–Kier alpha value is -3.68. The number of anilines is 3. The summed E-state index contributed by atoms with van der Waals surface area (Å²) in [5, 5.41) is 17.7. The highest BCUT2D eigenvalue weighted by Crippen LogP contribution is 2.36. The van der Waals surface area contributed by atoms with Gasteiger partial charge in [-0.05, 0) is 93.3 Å². The standard InChI is InChI=1S/C31H37NO6/c1-24-10-12-25(13-11-24)32(26-14-18-28(19-15-26)37-30(35)8-4-2-6-22-33)27-16-20-29(21-17-27)38-31(36)9-5-3-7-23-34/h10-21,33-34H,2-9,22-23H2,1H3. The van der Waals surface area contributed by atoms with Crippen molar-refractivity contribution in [3.8, 4) is 11.5 Å². The molecule has 0 unspecified atom stereocenters. The largest absolute Gasteiger partial charge is 0.427 e. The summed E-state index contributed by atoms with van der Waals surface area (Å²) in [5.74, 6) is 0.381. The summed E-state index contributed by atoms with van der Waals surface area (Å²) in [7, 11) is 0. The molecular weight excluding hydrogens is 482 g/mol. The number of nitrogens with zero attached hydrogens (tertiary/aromatic N) is 1. The van der Waals surface area contributed by atoms with Gasteiger partial charge in [0.15, 0.2) is 0 Å². The smallest absolute Gasteiger partial charge is 0.311 e. The highest BCUT2D eigenvalue weighted by Gasteiger charge is 2.14. The maximum Gasteiger partial charge on any atom is 0.311 e. The Bertz CT molecular complexity index is 1060. The number of aryl methyl sites for hydroxylation is 1. The minimum absolute atomic E-state index is 0.133. The van der Waals surface area contributed by atoms with Crippen LogP contribution in [0.3, 0.4) is 0 Å². The average molecular weight is 520 g/mol. The molecule has 0 amide bonds. The van der Waals surface area contributed by atoms with E-state index in [0.717, 1.165) is 35.5 Å². The number of carbonyl (C=O) groups excluding carboxylic acids is 2. The Labute approximate surface area is 224 Å². The van der Waals surface area contributed by atoms with Gasteiger partial charge in [0.2, 0.25) is 0 Å². The zero-order valence-corrected chi connectivity index (χ0v) is 22.0. The van der Waals surface area contributed by atoms with Crippen LogP contribution in [-0.2, 0) is 9.59 Å². The molecule has 0 saturated carbocycles. The highest BCUT2D eigenvalue weighted by molar-refractivity contribution is 5.78. The summed E-state index contributed by atoms with van der Waals surface area (Å²) in [6, 6.07) is 22.8. The molecule has 0 spiro atoms. The van der Waals surface area contributed by atoms with E-state index in [1.165, 1.54) is 0 Å². The summed E-state index contributed by atoms with van der Waals surface area (Å²) >= 11 is 0. The zero-order chi connectivity index (χ0) is 27.2. The number of esters is 2. The number of hydrogen-bond donors (Lipinski definition) is 2. The van der Waals surface area contributed by atoms with Crippen molar-refractivity contribution >= 4 is 29.0 Å². The van der Waals surface area contributed by atoms with Crippen molar-refractivity contribution in [2.45, 2.75) is 58.3 Å². The summed E-state index contributed by atoms with van der Waals surface area (Å²) in [5.41, 5.74) is 3.87. The van der Waals surface area contributed by atoms with Crippen molar-refractivity contribution in [2.24, 2.45) is 0 Å². The molecule has 0 heterocycles. The topological polar surface area (TPSA) is 96.3 Å². The van der Waals surface area contributed by atoms with Crippen LogP contribution in [0.2, 0.25) is 0 Å². The summed E-state index contributed by atoms with van der Waals surface area (Å²) in [6.07, 6.45) is 4.96. The van der Waals surface area contributed by atoms with Crippen LogP contribution < -0.4 is 14.4 Å². The maximum atomic E-state index is 12.1. The summed E-state index contributed by atoms with van der Waals surface area (Å²) in [6.45, 7) is 2.30. The van der Waals surface area contributed by atoms with Gasteiger partial charge in [0.25, 0.3) is 0 Å². The van der Waals surface area contributed by atoms with E-state index < -0.39 is 0 Å². The second-order valence-electron chi connectivity index (χ2n) is 9.18. The number of carbonyl (C=O) groups is 2. The van der Waals surface area contributed by atoms with Gasteiger partial charge in [-0.3, -0.25) is 9.59 Å². The third-order valence-electron chi connectivity index (χ3n) is 6.02. The quantitative estimate of drug-likeness (QED) is 0.137. The van der Waals surface area contributed by atoms with Gasteiger partial charge >= 0.3 is 11.9 Å². The monoisotopic (exact) mass is 519 g/mol. The first-order valence-corrected chi connectivity index (χ1v) is 13.2. The Morgan fingerprint density at radius 1 is 0.579 bits per heavy atom. The van der Waals surface area contributed by atoms with E-state index in [0.29, 0.717) is 50.0 Å². The molecule has 7 nitrogen and oxygen atoms in total. The molecule has 0 aromatic heterocycles. The molecule has 0 aliphatic heterocycles. The van der Waals surface area contributed by atoms with Crippen LogP contribution in [0.1, 0.15) is 56.9 Å². The number of aliphatic hydroxyl groups is 2. The van der Waals surface area contributed by atoms with Gasteiger partial charge < -0.3 is 24.6 Å². The lowest BCUT2D eigenvalue weighted by Crippen LogP contribution is -2.11. The molecular formula is C31H37NO6. The minimum Gasteiger partial charge on any atom is -0.427 e. The predicted molar refractivity (Wildman–Crippen MR) is 148 cm³/mol. The SMILES string of the molecule is Cc1ccc(N(c2ccc(OC(=O)CCCCCO)cc2)c2ccc(OC(=O)CCCCCO)cc2)cc1. The van der Waals surface area contributed by atoms with E-state index in [1.54, 1.807) is 24.3 Å². The average Bonchev–Trinajstić information content (AvgIpc) is 2.92. The lowest BCUT2D eigenvalue weighted by Gasteiger charge is -2.26. The minimum atomic E-state index is -0.287. The van der Waals surface area contributed by atoms with Crippen LogP contribution in [0.5, 0.6) is 11.5 Å². The number of benzene rings is 3. The van der Waals surface area contributed by atoms with Crippen LogP contribution in [0.15, 0.2) is 72.8 Å². The van der Waals surface area contributed by atoms with E-state index in [1.807, 2.05) is 55.5 Å². The van der Waals surface area contributed by atoms with E-state index in [9.17, 15) is 9.59 Å². The molecule has 0 aliphatic carbocycles. The zero-order valence-electron chi connectivity index (χ0n) is 22.0. The number of rotatable bonds is 15. The highest BCUT2D eigenvalue weighted by atomic mass is 16.5. The molecule has 202 valence electrons. The van der Waals surface area contributed by atoms with Crippen LogP contribution in [0.25, 0.3) is 0 Å². The summed E-state index contributed by atoms with van der Waals surface area (Å²) in [4.78, 5) is 26.3. The van der Waals surface area contributed by atoms with Gasteiger partial charge in [0, 0.05) is 43.1 Å². The van der Waals surface area contributed by atoms with E-state index >= 15 is 0 Å². The first-order chi connectivity index (χ1) is 18.5. The molecule has 7 heteroatoms. The summed E-state index contributed by atoms with van der Waals surface area (Å²) < 4.78 is 10.9. The second kappa shape index (κ2) is 15.5. The molecule has 0 bridgehead atoms. The van der Waals surface area contributed by atoms with Gasteiger partial charge in [0.05, 0.1) is 0 Å². The Balaban J connectivity index is 1.72. The van der Waals surface area contributed by atoms with Crippen molar-refractivity contribution in [2.75, 3.05) is 18.1 Å². The molecule has 3 aromatic carbocycles. The van der Waals surface area contributed by atoms with Crippen molar-refractivity contribution in [1.29, 1.82) is 0 Å². The van der Waals surface area contributed by atoms with Gasteiger partial charge in [-0.2, -0.15) is 0 Å². The van der Waals surface area contributed by atoms with Gasteiger partial charge in [0.1, 0.15) is 11.5 Å². The maximum absolute atomic E-state index is 12.1. The van der Waals surface area contributed by atoms with Gasteiger partial charge in [-0.25, -0.2) is 0 Å². The van der Waals surface area contributed by atoms with Crippen molar-refractivity contribution in [1.82, 2.24) is 0 Å². The van der Waals surface area contributed by atoms with Crippen LogP contribution in [-0.4, -0.2) is 35.4 Å². The normalized spacial score (nSPS) is 10.7. The molecule has 0 aliphatic rings. The molecule has 0 atom stereocenters. The van der Waals surface area contributed by atoms with Crippen LogP contribution >= 0.6 is 0 Å². The van der Waals surface area contributed by atoms with E-state index in [-0.39, 0.29) is 25.2 Å². The fraction of sp³-hybridized carbons (Fsp3) is 0.355. The van der Waals surface area contributed by atoms with Crippen molar-refractivity contribution in [3.63, 3.8) is 0 Å². The second-order valence-corrected chi connectivity index (χ2v) is 9.18. The van der Waals surface area contributed by atoms with Crippen molar-refractivity contribution < 1.29 is 29.3 Å². The van der Waals surface area contributed by atoms with Gasteiger partial charge in [-0.1, -0.05) is 30.5 Å². The molecule has 3 aromatic rings. The fourth-order valence-electron chi connectivity index (χ4n) is 3.95. The van der Waals surface area contributed by atoms with Gasteiger partial charge in [-0.15, -0.1) is 0 Å². The molecule has 38 heavy (non-hydrogen) atoms. The number of unbranched alkanes of at least 4 members (excludes halogenated alkanes) is 4. The lowest BCUT2D eigenvalue weighted by molar-refractivity contribution is -0.135. The third kappa shape index (κ3) is 9.32. The van der Waals surface area contributed by atoms with Crippen molar-refractivity contribution in [3.05, 3.63) is 78.4 Å². The first kappa shape index (κ1) is 28.9.